The van der Waals surface area contributed by atoms with Gasteiger partial charge in [0.15, 0.2) is 5.65 Å². The van der Waals surface area contributed by atoms with Crippen LogP contribution in [0, 0.1) is 12.8 Å². The van der Waals surface area contributed by atoms with E-state index in [0.717, 1.165) is 40.6 Å². The summed E-state index contributed by atoms with van der Waals surface area (Å²) in [6.07, 6.45) is 3.85. The molecule has 2 N–H and O–H groups in total. The van der Waals surface area contributed by atoms with Crippen LogP contribution in [0.15, 0.2) is 36.7 Å². The first-order chi connectivity index (χ1) is 14.4. The summed E-state index contributed by atoms with van der Waals surface area (Å²) in [6.45, 7) is 6.16. The van der Waals surface area contributed by atoms with Crippen LogP contribution in [0.1, 0.15) is 12.5 Å². The summed E-state index contributed by atoms with van der Waals surface area (Å²) in [7, 11) is 3.90. The summed E-state index contributed by atoms with van der Waals surface area (Å²) in [5.74, 6) is 0.814. The van der Waals surface area contributed by atoms with Gasteiger partial charge in [0, 0.05) is 54.3 Å². The van der Waals surface area contributed by atoms with Gasteiger partial charge in [0.25, 0.3) is 0 Å². The number of nitrogens with zero attached hydrogens (tertiary/aromatic N) is 5. The smallest absolute Gasteiger partial charge is 0.159 e. The van der Waals surface area contributed by atoms with Gasteiger partial charge in [-0.3, -0.25) is 4.68 Å². The van der Waals surface area contributed by atoms with Crippen LogP contribution in [0.3, 0.4) is 0 Å². The Balaban J connectivity index is 1.53. The van der Waals surface area contributed by atoms with Gasteiger partial charge in [0.05, 0.1) is 23.1 Å². The molecule has 0 bridgehead atoms. The number of aromatic hydroxyl groups is 1. The minimum absolute atomic E-state index is 0.217. The number of rotatable bonds is 3. The Bertz CT molecular complexity index is 1260. The molecule has 4 aromatic rings. The molecule has 2 atom stereocenters. The second-order valence-corrected chi connectivity index (χ2v) is 8.35. The molecule has 3 aromatic heterocycles. The largest absolute Gasteiger partial charge is 0.507 e. The van der Waals surface area contributed by atoms with Crippen LogP contribution in [0.4, 0.5) is 5.69 Å². The number of phenolic OH excluding ortho intramolecular Hbond substituents is 1. The van der Waals surface area contributed by atoms with Crippen LogP contribution >= 0.6 is 0 Å². The van der Waals surface area contributed by atoms with Gasteiger partial charge in [0.1, 0.15) is 5.75 Å². The van der Waals surface area contributed by atoms with Crippen LogP contribution in [0.2, 0.25) is 0 Å². The predicted octanol–water partition coefficient (Wildman–Crippen LogP) is 3.24. The SMILES string of the molecule is CN[C@H]1CN(c2cnc3nc(-c4cc5cn(C)nc5c(C)c4O)ccc3c2)C[C@@H]1C. The van der Waals surface area contributed by atoms with Gasteiger partial charge < -0.3 is 15.3 Å². The Kier molecular flexibility index (Phi) is 4.36. The number of anilines is 1. The fourth-order valence-electron chi connectivity index (χ4n) is 4.51. The van der Waals surface area contributed by atoms with Gasteiger partial charge in [-0.05, 0) is 44.2 Å². The van der Waals surface area contributed by atoms with E-state index in [4.69, 9.17) is 4.98 Å². The number of hydrogen-bond acceptors (Lipinski definition) is 6. The van der Waals surface area contributed by atoms with E-state index in [1.807, 2.05) is 51.6 Å². The Morgan fingerprint density at radius 2 is 2.00 bits per heavy atom. The fourth-order valence-corrected chi connectivity index (χ4v) is 4.51. The topological polar surface area (TPSA) is 79.1 Å². The van der Waals surface area contributed by atoms with Crippen LogP contribution in [-0.2, 0) is 7.05 Å². The molecule has 30 heavy (non-hydrogen) atoms. The Labute approximate surface area is 175 Å². The lowest BCUT2D eigenvalue weighted by Crippen LogP contribution is -2.32. The zero-order valence-electron chi connectivity index (χ0n) is 17.7. The lowest BCUT2D eigenvalue weighted by Gasteiger charge is -2.18. The lowest BCUT2D eigenvalue weighted by atomic mass is 10.0. The Hall–Kier alpha value is -3.19. The molecule has 1 fully saturated rings. The lowest BCUT2D eigenvalue weighted by molar-refractivity contribution is 0.474. The number of aryl methyl sites for hydroxylation is 2. The zero-order valence-corrected chi connectivity index (χ0v) is 17.7. The molecule has 5 rings (SSSR count). The molecule has 1 saturated heterocycles. The van der Waals surface area contributed by atoms with Crippen LogP contribution in [0.25, 0.3) is 33.2 Å². The van der Waals surface area contributed by atoms with Crippen molar-refractivity contribution in [2.45, 2.75) is 19.9 Å². The predicted molar refractivity (Wildman–Crippen MR) is 120 cm³/mol. The van der Waals surface area contributed by atoms with Crippen molar-refractivity contribution in [2.75, 3.05) is 25.0 Å². The van der Waals surface area contributed by atoms with E-state index in [9.17, 15) is 5.11 Å². The van der Waals surface area contributed by atoms with Crippen LogP contribution < -0.4 is 10.2 Å². The summed E-state index contributed by atoms with van der Waals surface area (Å²) in [5.41, 5.74) is 4.77. The molecule has 0 aliphatic carbocycles. The maximum Gasteiger partial charge on any atom is 0.159 e. The van der Waals surface area contributed by atoms with Gasteiger partial charge in [-0.1, -0.05) is 6.92 Å². The standard InChI is InChI=1S/C23H26N6O/c1-13-10-29(12-20(13)24-3)17-7-15-5-6-19(26-23(15)25-9-17)18-8-16-11-28(4)27-21(16)14(2)22(18)30/h5-9,11,13,20,24,30H,10,12H2,1-4H3/t13-,20-/m0/s1. The second kappa shape index (κ2) is 6.95. The summed E-state index contributed by atoms with van der Waals surface area (Å²) in [4.78, 5) is 11.8. The third kappa shape index (κ3) is 2.97. The van der Waals surface area contributed by atoms with Gasteiger partial charge in [-0.25, -0.2) is 9.97 Å². The van der Waals surface area contributed by atoms with Crippen molar-refractivity contribution >= 4 is 27.6 Å². The number of phenols is 1. The first-order valence-corrected chi connectivity index (χ1v) is 10.3. The molecular formula is C23H26N6O. The minimum Gasteiger partial charge on any atom is -0.507 e. The highest BCUT2D eigenvalue weighted by Gasteiger charge is 2.28. The molecule has 1 aliphatic rings. The van der Waals surface area contributed by atoms with E-state index < -0.39 is 0 Å². The van der Waals surface area contributed by atoms with Crippen LogP contribution in [0.5, 0.6) is 5.75 Å². The third-order valence-corrected chi connectivity index (χ3v) is 6.27. The summed E-state index contributed by atoms with van der Waals surface area (Å²) in [5, 5.41) is 20.6. The fraction of sp³-hybridized carbons (Fsp3) is 0.348. The van der Waals surface area contributed by atoms with Crippen molar-refractivity contribution in [3.63, 3.8) is 0 Å². The van der Waals surface area contributed by atoms with Crippen molar-refractivity contribution in [1.82, 2.24) is 25.1 Å². The maximum absolute atomic E-state index is 10.8. The molecule has 7 nitrogen and oxygen atoms in total. The Morgan fingerprint density at radius 3 is 2.77 bits per heavy atom. The van der Waals surface area contributed by atoms with Crippen molar-refractivity contribution in [3.05, 3.63) is 42.2 Å². The monoisotopic (exact) mass is 402 g/mol. The molecule has 1 aliphatic heterocycles. The highest BCUT2D eigenvalue weighted by molar-refractivity contribution is 5.91. The number of hydrogen-bond donors (Lipinski definition) is 2. The quantitative estimate of drug-likeness (QED) is 0.548. The molecule has 154 valence electrons. The zero-order chi connectivity index (χ0) is 21.0. The summed E-state index contributed by atoms with van der Waals surface area (Å²) >= 11 is 0. The van der Waals surface area contributed by atoms with Gasteiger partial charge in [-0.2, -0.15) is 5.10 Å². The van der Waals surface area contributed by atoms with E-state index >= 15 is 0 Å². The van der Waals surface area contributed by atoms with Crippen molar-refractivity contribution in [2.24, 2.45) is 13.0 Å². The molecule has 0 amide bonds. The van der Waals surface area contributed by atoms with E-state index in [1.165, 1.54) is 0 Å². The van der Waals surface area contributed by atoms with Gasteiger partial charge in [-0.15, -0.1) is 0 Å². The minimum atomic E-state index is 0.217. The second-order valence-electron chi connectivity index (χ2n) is 8.35. The number of nitrogens with one attached hydrogen (secondary N) is 1. The highest BCUT2D eigenvalue weighted by atomic mass is 16.3. The van der Waals surface area contributed by atoms with Gasteiger partial charge in [0.2, 0.25) is 0 Å². The molecule has 0 unspecified atom stereocenters. The number of fused-ring (bicyclic) bond motifs is 2. The summed E-state index contributed by atoms with van der Waals surface area (Å²) < 4.78 is 1.76. The van der Waals surface area contributed by atoms with E-state index in [1.54, 1.807) is 4.68 Å². The molecule has 7 heteroatoms. The van der Waals surface area contributed by atoms with Crippen LogP contribution in [-0.4, -0.2) is 51.0 Å². The van der Waals surface area contributed by atoms with E-state index in [0.29, 0.717) is 28.9 Å². The van der Waals surface area contributed by atoms with Crippen molar-refractivity contribution in [1.29, 1.82) is 0 Å². The number of likely N-dealkylation sites (N-methyl/N-ethyl adjacent to an activating group) is 1. The normalized spacial score (nSPS) is 19.3. The van der Waals surface area contributed by atoms with E-state index in [-0.39, 0.29) is 5.75 Å². The van der Waals surface area contributed by atoms with Crippen molar-refractivity contribution < 1.29 is 5.11 Å². The first-order valence-electron chi connectivity index (χ1n) is 10.3. The highest BCUT2D eigenvalue weighted by Crippen LogP contribution is 2.36. The number of benzene rings is 1. The third-order valence-electron chi connectivity index (χ3n) is 6.27. The molecule has 0 spiro atoms. The number of pyridine rings is 2. The number of aromatic nitrogens is 4. The average molecular weight is 403 g/mol. The molecule has 0 saturated carbocycles. The van der Waals surface area contributed by atoms with Crippen molar-refractivity contribution in [3.8, 4) is 17.0 Å². The Morgan fingerprint density at radius 1 is 1.17 bits per heavy atom. The summed E-state index contributed by atoms with van der Waals surface area (Å²) in [6, 6.07) is 8.57. The average Bonchev–Trinajstić information content (AvgIpc) is 3.31. The van der Waals surface area contributed by atoms with E-state index in [2.05, 4.69) is 33.3 Å². The molecular weight excluding hydrogens is 376 g/mol. The molecule has 1 aromatic carbocycles. The van der Waals surface area contributed by atoms with Gasteiger partial charge >= 0.3 is 0 Å². The maximum atomic E-state index is 10.8. The first kappa shape index (κ1) is 18.8. The molecule has 0 radical (unpaired) electrons. The molecule has 4 heterocycles.